The Bertz CT molecular complexity index is 347. The smallest absolute Gasteiger partial charge is 0.311 e. The molecule has 1 saturated heterocycles. The number of aliphatic carboxylic acids is 1. The molecule has 2 heterocycles. The number of piperidine rings is 1. The van der Waals surface area contributed by atoms with Crippen LogP contribution >= 0.6 is 0 Å². The molecule has 2 atom stereocenters. The molecular formula is C12H16N2O2. The van der Waals surface area contributed by atoms with Crippen molar-refractivity contribution < 1.29 is 9.90 Å². The predicted molar refractivity (Wildman–Crippen MR) is 60.2 cm³/mol. The van der Waals surface area contributed by atoms with E-state index < -0.39 is 11.9 Å². The van der Waals surface area contributed by atoms with E-state index in [2.05, 4.69) is 10.3 Å². The Morgan fingerprint density at radius 2 is 2.50 bits per heavy atom. The van der Waals surface area contributed by atoms with E-state index in [0.717, 1.165) is 31.5 Å². The molecule has 1 aliphatic rings. The lowest BCUT2D eigenvalue weighted by atomic mass is 9.82. The third-order valence-electron chi connectivity index (χ3n) is 3.12. The molecule has 0 spiro atoms. The van der Waals surface area contributed by atoms with Crippen LogP contribution in [0.4, 0.5) is 0 Å². The predicted octanol–water partition coefficient (Wildman–Crippen LogP) is 1.25. The van der Waals surface area contributed by atoms with E-state index >= 15 is 0 Å². The molecule has 2 rings (SSSR count). The fourth-order valence-electron chi connectivity index (χ4n) is 2.34. The average molecular weight is 220 g/mol. The van der Waals surface area contributed by atoms with Crippen LogP contribution in [0.25, 0.3) is 0 Å². The zero-order valence-corrected chi connectivity index (χ0v) is 9.10. The maximum Gasteiger partial charge on any atom is 0.311 e. The summed E-state index contributed by atoms with van der Waals surface area (Å²) in [5.41, 5.74) is 0.809. The molecular weight excluding hydrogens is 204 g/mol. The lowest BCUT2D eigenvalue weighted by Crippen LogP contribution is -2.36. The number of nitrogens with one attached hydrogen (secondary N) is 1. The summed E-state index contributed by atoms with van der Waals surface area (Å²) in [6.07, 6.45) is 5.35. The largest absolute Gasteiger partial charge is 0.481 e. The molecule has 0 bridgehead atoms. The van der Waals surface area contributed by atoms with Crippen LogP contribution < -0.4 is 5.32 Å². The van der Waals surface area contributed by atoms with E-state index in [9.17, 15) is 9.90 Å². The monoisotopic (exact) mass is 220 g/mol. The number of pyridine rings is 1. The van der Waals surface area contributed by atoms with Gasteiger partial charge in [0, 0.05) is 12.4 Å². The quantitative estimate of drug-likeness (QED) is 0.804. The van der Waals surface area contributed by atoms with Crippen molar-refractivity contribution >= 4 is 5.97 Å². The number of carboxylic acids is 1. The summed E-state index contributed by atoms with van der Waals surface area (Å²) in [6.45, 7) is 1.78. The molecule has 2 unspecified atom stereocenters. The molecule has 0 aromatic carbocycles. The van der Waals surface area contributed by atoms with Crippen molar-refractivity contribution in [2.24, 2.45) is 5.92 Å². The first-order valence-electron chi connectivity index (χ1n) is 5.62. The van der Waals surface area contributed by atoms with E-state index in [1.807, 2.05) is 6.07 Å². The van der Waals surface area contributed by atoms with Crippen molar-refractivity contribution in [2.45, 2.75) is 18.8 Å². The Morgan fingerprint density at radius 1 is 1.62 bits per heavy atom. The summed E-state index contributed by atoms with van der Waals surface area (Å²) in [7, 11) is 0. The Kier molecular flexibility index (Phi) is 3.51. The molecule has 0 saturated carbocycles. The summed E-state index contributed by atoms with van der Waals surface area (Å²) in [5.74, 6) is -1.00. The van der Waals surface area contributed by atoms with Crippen LogP contribution in [-0.4, -0.2) is 29.1 Å². The Hall–Kier alpha value is -1.42. The minimum atomic E-state index is -0.748. The van der Waals surface area contributed by atoms with Crippen LogP contribution in [0.2, 0.25) is 0 Å². The zero-order valence-electron chi connectivity index (χ0n) is 9.10. The van der Waals surface area contributed by atoms with Gasteiger partial charge in [-0.2, -0.15) is 0 Å². The van der Waals surface area contributed by atoms with Gasteiger partial charge < -0.3 is 10.4 Å². The van der Waals surface area contributed by atoms with Crippen LogP contribution in [-0.2, 0) is 4.79 Å². The van der Waals surface area contributed by atoms with Crippen molar-refractivity contribution in [2.75, 3.05) is 13.1 Å². The van der Waals surface area contributed by atoms with E-state index in [1.54, 1.807) is 18.5 Å². The normalized spacial score (nSPS) is 22.6. The average Bonchev–Trinajstić information content (AvgIpc) is 2.31. The molecule has 16 heavy (non-hydrogen) atoms. The highest BCUT2D eigenvalue weighted by molar-refractivity contribution is 5.76. The van der Waals surface area contributed by atoms with Gasteiger partial charge in [-0.3, -0.25) is 9.78 Å². The highest BCUT2D eigenvalue weighted by atomic mass is 16.4. The number of hydrogen-bond acceptors (Lipinski definition) is 3. The number of carbonyl (C=O) groups is 1. The highest BCUT2D eigenvalue weighted by Crippen LogP contribution is 2.29. The number of carboxylic acid groups (broad SMARTS) is 1. The van der Waals surface area contributed by atoms with Gasteiger partial charge in [0.05, 0.1) is 5.92 Å². The van der Waals surface area contributed by atoms with Gasteiger partial charge in [-0.05, 0) is 43.5 Å². The molecule has 1 aliphatic heterocycles. The standard InChI is InChI=1S/C12H16N2O2/c15-12(16)11(9-3-1-5-13-7-9)10-4-2-6-14-8-10/h1,3,5,7,10-11,14H,2,4,6,8H2,(H,15,16). The molecule has 2 N–H and O–H groups in total. The van der Waals surface area contributed by atoms with Gasteiger partial charge in [-0.25, -0.2) is 0 Å². The molecule has 0 aliphatic carbocycles. The lowest BCUT2D eigenvalue weighted by Gasteiger charge is -2.28. The first kappa shape index (κ1) is 11.1. The van der Waals surface area contributed by atoms with Gasteiger partial charge in [0.15, 0.2) is 0 Å². The number of aromatic nitrogens is 1. The maximum atomic E-state index is 11.3. The summed E-state index contributed by atoms with van der Waals surface area (Å²) >= 11 is 0. The molecule has 1 fully saturated rings. The fourth-order valence-corrected chi connectivity index (χ4v) is 2.34. The lowest BCUT2D eigenvalue weighted by molar-refractivity contribution is -0.140. The topological polar surface area (TPSA) is 62.2 Å². The van der Waals surface area contributed by atoms with Crippen LogP contribution in [0.1, 0.15) is 24.3 Å². The van der Waals surface area contributed by atoms with Crippen LogP contribution in [0.3, 0.4) is 0 Å². The van der Waals surface area contributed by atoms with Gasteiger partial charge >= 0.3 is 5.97 Å². The number of rotatable bonds is 3. The summed E-state index contributed by atoms with van der Waals surface area (Å²) in [4.78, 5) is 15.3. The second-order valence-corrected chi connectivity index (χ2v) is 4.21. The van der Waals surface area contributed by atoms with E-state index in [4.69, 9.17) is 0 Å². The van der Waals surface area contributed by atoms with E-state index in [-0.39, 0.29) is 5.92 Å². The molecule has 0 amide bonds. The van der Waals surface area contributed by atoms with Gasteiger partial charge in [-0.15, -0.1) is 0 Å². The minimum absolute atomic E-state index is 0.176. The fraction of sp³-hybridized carbons (Fsp3) is 0.500. The van der Waals surface area contributed by atoms with Crippen LogP contribution in [0.5, 0.6) is 0 Å². The van der Waals surface area contributed by atoms with Crippen molar-refractivity contribution in [3.63, 3.8) is 0 Å². The first-order chi connectivity index (χ1) is 7.79. The summed E-state index contributed by atoms with van der Waals surface area (Å²) in [5, 5.41) is 12.6. The highest BCUT2D eigenvalue weighted by Gasteiger charge is 2.30. The molecule has 4 nitrogen and oxygen atoms in total. The summed E-state index contributed by atoms with van der Waals surface area (Å²) in [6, 6.07) is 3.64. The van der Waals surface area contributed by atoms with Crippen molar-refractivity contribution in [3.05, 3.63) is 30.1 Å². The number of nitrogens with zero attached hydrogens (tertiary/aromatic N) is 1. The molecule has 1 aromatic rings. The SMILES string of the molecule is O=C(O)C(c1cccnc1)C1CCCNC1. The van der Waals surface area contributed by atoms with Gasteiger partial charge in [0.25, 0.3) is 0 Å². The number of hydrogen-bond donors (Lipinski definition) is 2. The molecule has 0 radical (unpaired) electrons. The van der Waals surface area contributed by atoms with E-state index in [1.165, 1.54) is 0 Å². The van der Waals surface area contributed by atoms with Crippen LogP contribution in [0.15, 0.2) is 24.5 Å². The van der Waals surface area contributed by atoms with Crippen molar-refractivity contribution in [1.29, 1.82) is 0 Å². The summed E-state index contributed by atoms with van der Waals surface area (Å²) < 4.78 is 0. The van der Waals surface area contributed by atoms with Gasteiger partial charge in [0.2, 0.25) is 0 Å². The van der Waals surface area contributed by atoms with Crippen molar-refractivity contribution in [1.82, 2.24) is 10.3 Å². The zero-order chi connectivity index (χ0) is 11.4. The molecule has 4 heteroatoms. The minimum Gasteiger partial charge on any atom is -0.481 e. The molecule has 86 valence electrons. The second kappa shape index (κ2) is 5.07. The van der Waals surface area contributed by atoms with Gasteiger partial charge in [-0.1, -0.05) is 6.07 Å². The van der Waals surface area contributed by atoms with E-state index in [0.29, 0.717) is 0 Å². The van der Waals surface area contributed by atoms with Gasteiger partial charge in [0.1, 0.15) is 0 Å². The second-order valence-electron chi connectivity index (χ2n) is 4.21. The third kappa shape index (κ3) is 2.39. The van der Waals surface area contributed by atoms with Crippen molar-refractivity contribution in [3.8, 4) is 0 Å². The maximum absolute atomic E-state index is 11.3. The van der Waals surface area contributed by atoms with Crippen LogP contribution in [0, 0.1) is 5.92 Å². The molecule has 1 aromatic heterocycles. The Morgan fingerprint density at radius 3 is 3.06 bits per heavy atom. The Labute approximate surface area is 94.7 Å². The third-order valence-corrected chi connectivity index (χ3v) is 3.12. The first-order valence-corrected chi connectivity index (χ1v) is 5.62. The Balaban J connectivity index is 2.20.